The highest BCUT2D eigenvalue weighted by Gasteiger charge is 2.11. The van der Waals surface area contributed by atoms with Gasteiger partial charge in [0.2, 0.25) is 5.91 Å². The van der Waals surface area contributed by atoms with Crippen LogP contribution in [0.15, 0.2) is 12.7 Å². The molecule has 1 aliphatic carbocycles. The molecular formula is C11H19NO. The Labute approximate surface area is 80.4 Å². The van der Waals surface area contributed by atoms with E-state index in [1.165, 1.54) is 38.2 Å². The number of hydrogen-bond acceptors (Lipinski definition) is 1. The molecule has 0 aromatic rings. The fraction of sp³-hybridized carbons (Fsp3) is 0.727. The molecule has 2 heteroatoms. The molecule has 0 aromatic carbocycles. The van der Waals surface area contributed by atoms with Crippen molar-refractivity contribution in [3.05, 3.63) is 12.7 Å². The first kappa shape index (κ1) is 10.3. The second-order valence-electron chi connectivity index (χ2n) is 3.75. The summed E-state index contributed by atoms with van der Waals surface area (Å²) >= 11 is 0. The van der Waals surface area contributed by atoms with E-state index in [4.69, 9.17) is 0 Å². The highest BCUT2D eigenvalue weighted by atomic mass is 16.1. The molecule has 0 saturated heterocycles. The minimum Gasteiger partial charge on any atom is -0.350 e. The van der Waals surface area contributed by atoms with Crippen LogP contribution in [0.2, 0.25) is 0 Å². The van der Waals surface area contributed by atoms with Crippen LogP contribution < -0.4 is 5.32 Å². The molecule has 1 N–H and O–H groups in total. The number of hydrogen-bond donors (Lipinski definition) is 1. The summed E-state index contributed by atoms with van der Waals surface area (Å²) in [6.07, 6.45) is 10.1. The Balaban J connectivity index is 2.28. The Morgan fingerprint density at radius 3 is 2.23 bits per heavy atom. The van der Waals surface area contributed by atoms with Gasteiger partial charge in [-0.15, -0.1) is 0 Å². The lowest BCUT2D eigenvalue weighted by molar-refractivity contribution is -0.117. The van der Waals surface area contributed by atoms with E-state index in [0.29, 0.717) is 6.04 Å². The number of carbonyl (C=O) groups is 1. The molecule has 0 spiro atoms. The maximum atomic E-state index is 11.0. The predicted octanol–water partition coefficient (Wildman–Crippen LogP) is 2.40. The van der Waals surface area contributed by atoms with E-state index in [1.807, 2.05) is 0 Å². The lowest BCUT2D eigenvalue weighted by Crippen LogP contribution is -2.33. The molecule has 1 rings (SSSR count). The van der Waals surface area contributed by atoms with Crippen LogP contribution in [0.1, 0.15) is 44.9 Å². The number of nitrogens with one attached hydrogen (secondary N) is 1. The van der Waals surface area contributed by atoms with E-state index >= 15 is 0 Å². The van der Waals surface area contributed by atoms with Gasteiger partial charge in [-0.25, -0.2) is 0 Å². The fourth-order valence-corrected chi connectivity index (χ4v) is 1.86. The minimum atomic E-state index is -0.0226. The Morgan fingerprint density at radius 1 is 1.15 bits per heavy atom. The molecule has 1 saturated carbocycles. The monoisotopic (exact) mass is 181 g/mol. The second kappa shape index (κ2) is 5.79. The second-order valence-corrected chi connectivity index (χ2v) is 3.75. The van der Waals surface area contributed by atoms with Crippen LogP contribution in [-0.2, 0) is 4.79 Å². The number of amides is 1. The average Bonchev–Trinajstić information content (AvgIpc) is 2.09. The van der Waals surface area contributed by atoms with Crippen LogP contribution in [0.4, 0.5) is 0 Å². The molecule has 0 heterocycles. The van der Waals surface area contributed by atoms with Crippen LogP contribution in [0.25, 0.3) is 0 Å². The molecular weight excluding hydrogens is 162 g/mol. The van der Waals surface area contributed by atoms with Gasteiger partial charge in [0.25, 0.3) is 0 Å². The molecule has 1 aliphatic rings. The largest absolute Gasteiger partial charge is 0.350 e. The lowest BCUT2D eigenvalue weighted by Gasteiger charge is -2.20. The van der Waals surface area contributed by atoms with E-state index < -0.39 is 0 Å². The van der Waals surface area contributed by atoms with Gasteiger partial charge < -0.3 is 5.32 Å². The van der Waals surface area contributed by atoms with Gasteiger partial charge in [0.05, 0.1) is 0 Å². The first-order valence-corrected chi connectivity index (χ1v) is 5.26. The Bertz CT molecular complexity index is 169. The van der Waals surface area contributed by atoms with Gasteiger partial charge in [0, 0.05) is 6.04 Å². The minimum absolute atomic E-state index is 0.0226. The Morgan fingerprint density at radius 2 is 1.69 bits per heavy atom. The quantitative estimate of drug-likeness (QED) is 0.651. The van der Waals surface area contributed by atoms with Crippen molar-refractivity contribution in [1.29, 1.82) is 0 Å². The molecule has 74 valence electrons. The van der Waals surface area contributed by atoms with Crippen LogP contribution in [0.5, 0.6) is 0 Å². The number of rotatable bonds is 2. The Kier molecular flexibility index (Phi) is 4.58. The van der Waals surface area contributed by atoms with E-state index in [9.17, 15) is 4.79 Å². The summed E-state index contributed by atoms with van der Waals surface area (Å²) in [4.78, 5) is 11.0. The molecule has 0 radical (unpaired) electrons. The first-order valence-electron chi connectivity index (χ1n) is 5.26. The number of carbonyl (C=O) groups excluding carboxylic acids is 1. The van der Waals surface area contributed by atoms with Crippen molar-refractivity contribution in [2.75, 3.05) is 0 Å². The highest BCUT2D eigenvalue weighted by Crippen LogP contribution is 2.16. The summed E-state index contributed by atoms with van der Waals surface area (Å²) in [6.45, 7) is 3.46. The van der Waals surface area contributed by atoms with E-state index in [1.54, 1.807) is 0 Å². The zero-order valence-electron chi connectivity index (χ0n) is 8.22. The SMILES string of the molecule is C=CC(=O)NC1CCCCCCC1. The maximum Gasteiger partial charge on any atom is 0.243 e. The van der Waals surface area contributed by atoms with Gasteiger partial charge >= 0.3 is 0 Å². The van der Waals surface area contributed by atoms with Crippen molar-refractivity contribution in [1.82, 2.24) is 5.32 Å². The van der Waals surface area contributed by atoms with Gasteiger partial charge in [-0.1, -0.05) is 38.7 Å². The zero-order valence-corrected chi connectivity index (χ0v) is 8.22. The van der Waals surface area contributed by atoms with Crippen molar-refractivity contribution >= 4 is 5.91 Å². The fourth-order valence-electron chi connectivity index (χ4n) is 1.86. The van der Waals surface area contributed by atoms with Crippen molar-refractivity contribution in [3.8, 4) is 0 Å². The Hall–Kier alpha value is -0.790. The van der Waals surface area contributed by atoms with Crippen LogP contribution in [0.3, 0.4) is 0 Å². The van der Waals surface area contributed by atoms with Crippen molar-refractivity contribution in [3.63, 3.8) is 0 Å². The first-order chi connectivity index (χ1) is 6.33. The van der Waals surface area contributed by atoms with Crippen LogP contribution in [-0.4, -0.2) is 11.9 Å². The van der Waals surface area contributed by atoms with Gasteiger partial charge in [0.1, 0.15) is 0 Å². The lowest BCUT2D eigenvalue weighted by atomic mass is 9.97. The standard InChI is InChI=1S/C11H19NO/c1-2-11(13)12-10-8-6-4-3-5-7-9-10/h2,10H,1,3-9H2,(H,12,13). The van der Waals surface area contributed by atoms with Crippen molar-refractivity contribution in [2.45, 2.75) is 51.0 Å². The normalized spacial score (nSPS) is 20.0. The molecule has 13 heavy (non-hydrogen) atoms. The molecule has 1 amide bonds. The van der Waals surface area contributed by atoms with Crippen LogP contribution >= 0.6 is 0 Å². The van der Waals surface area contributed by atoms with E-state index in [2.05, 4.69) is 11.9 Å². The third-order valence-corrected chi connectivity index (χ3v) is 2.64. The zero-order chi connectivity index (χ0) is 9.52. The smallest absolute Gasteiger partial charge is 0.243 e. The molecule has 0 aromatic heterocycles. The third-order valence-electron chi connectivity index (χ3n) is 2.64. The molecule has 0 unspecified atom stereocenters. The highest BCUT2D eigenvalue weighted by molar-refractivity contribution is 5.87. The summed E-state index contributed by atoms with van der Waals surface area (Å²) in [5.41, 5.74) is 0. The van der Waals surface area contributed by atoms with Gasteiger partial charge in [0.15, 0.2) is 0 Å². The molecule has 0 aliphatic heterocycles. The predicted molar refractivity (Wildman–Crippen MR) is 54.4 cm³/mol. The third kappa shape index (κ3) is 4.11. The maximum absolute atomic E-state index is 11.0. The molecule has 2 nitrogen and oxygen atoms in total. The van der Waals surface area contributed by atoms with Crippen molar-refractivity contribution < 1.29 is 4.79 Å². The summed E-state index contributed by atoms with van der Waals surface area (Å²) < 4.78 is 0. The van der Waals surface area contributed by atoms with Gasteiger partial charge in [-0.05, 0) is 18.9 Å². The molecule has 0 bridgehead atoms. The summed E-state index contributed by atoms with van der Waals surface area (Å²) in [7, 11) is 0. The van der Waals surface area contributed by atoms with Crippen molar-refractivity contribution in [2.24, 2.45) is 0 Å². The topological polar surface area (TPSA) is 29.1 Å². The van der Waals surface area contributed by atoms with E-state index in [-0.39, 0.29) is 5.91 Å². The molecule has 0 atom stereocenters. The van der Waals surface area contributed by atoms with Gasteiger partial charge in [-0.3, -0.25) is 4.79 Å². The summed E-state index contributed by atoms with van der Waals surface area (Å²) in [6, 6.07) is 0.394. The summed E-state index contributed by atoms with van der Waals surface area (Å²) in [5, 5.41) is 2.98. The van der Waals surface area contributed by atoms with Gasteiger partial charge in [-0.2, -0.15) is 0 Å². The average molecular weight is 181 g/mol. The summed E-state index contributed by atoms with van der Waals surface area (Å²) in [5.74, 6) is -0.0226. The van der Waals surface area contributed by atoms with Crippen LogP contribution in [0, 0.1) is 0 Å². The van der Waals surface area contributed by atoms with E-state index in [0.717, 1.165) is 12.8 Å². The molecule has 1 fully saturated rings.